The van der Waals surface area contributed by atoms with E-state index in [4.69, 9.17) is 0 Å². The number of carbonyl (C=O) groups is 1. The summed E-state index contributed by atoms with van der Waals surface area (Å²) in [6, 6.07) is 14.6. The number of benzene rings is 2. The Balaban J connectivity index is 2.52. The average Bonchev–Trinajstić information content (AvgIpc) is 2.48. The Morgan fingerprint density at radius 1 is 1.10 bits per heavy atom. The van der Waals surface area contributed by atoms with Gasteiger partial charge in [-0.3, -0.25) is 4.79 Å². The zero-order valence-electron chi connectivity index (χ0n) is 12.5. The molecule has 0 unspecified atom stereocenters. The summed E-state index contributed by atoms with van der Waals surface area (Å²) in [4.78, 5) is 13.8. The second-order valence-corrected chi connectivity index (χ2v) is 5.03. The van der Waals surface area contributed by atoms with E-state index in [9.17, 15) is 9.18 Å². The molecule has 0 aliphatic heterocycles. The molecule has 0 spiro atoms. The fourth-order valence-electron chi connectivity index (χ4n) is 2.40. The van der Waals surface area contributed by atoms with Crippen molar-refractivity contribution in [1.29, 1.82) is 0 Å². The van der Waals surface area contributed by atoms with Gasteiger partial charge in [-0.2, -0.15) is 0 Å². The van der Waals surface area contributed by atoms with E-state index < -0.39 is 5.82 Å². The van der Waals surface area contributed by atoms with Crippen LogP contribution < -0.4 is 4.90 Å². The summed E-state index contributed by atoms with van der Waals surface area (Å²) >= 11 is 0. The summed E-state index contributed by atoms with van der Waals surface area (Å²) in [6.45, 7) is 4.27. The molecule has 2 nitrogen and oxygen atoms in total. The summed E-state index contributed by atoms with van der Waals surface area (Å²) in [6.07, 6.45) is 2.01. The molecule has 0 saturated heterocycles. The van der Waals surface area contributed by atoms with Gasteiger partial charge in [0.05, 0.1) is 11.3 Å². The topological polar surface area (TPSA) is 20.3 Å². The number of ketones is 1. The minimum Gasteiger partial charge on any atom is -0.341 e. The fourth-order valence-corrected chi connectivity index (χ4v) is 2.40. The standard InChI is InChI=1S/C18H20FNO/c1-3-4-13-20(15-9-6-5-7-10-15)17-12-8-11-16(19)18(17)14(2)21/h5-12H,3-4,13H2,1-2H3. The number of para-hydroxylation sites is 1. The van der Waals surface area contributed by atoms with Crippen molar-refractivity contribution in [3.63, 3.8) is 0 Å². The van der Waals surface area contributed by atoms with Gasteiger partial charge in [0.2, 0.25) is 0 Å². The maximum absolute atomic E-state index is 14.1. The van der Waals surface area contributed by atoms with E-state index in [0.29, 0.717) is 5.69 Å². The van der Waals surface area contributed by atoms with Gasteiger partial charge in [-0.05, 0) is 37.6 Å². The molecular weight excluding hydrogens is 265 g/mol. The van der Waals surface area contributed by atoms with E-state index in [1.807, 2.05) is 41.3 Å². The number of anilines is 2. The number of halogens is 1. The lowest BCUT2D eigenvalue weighted by molar-refractivity contribution is 0.101. The van der Waals surface area contributed by atoms with Gasteiger partial charge in [-0.15, -0.1) is 0 Å². The van der Waals surface area contributed by atoms with Crippen LogP contribution >= 0.6 is 0 Å². The van der Waals surface area contributed by atoms with Crippen LogP contribution in [0.5, 0.6) is 0 Å². The monoisotopic (exact) mass is 285 g/mol. The molecule has 21 heavy (non-hydrogen) atoms. The largest absolute Gasteiger partial charge is 0.341 e. The summed E-state index contributed by atoms with van der Waals surface area (Å²) in [7, 11) is 0. The van der Waals surface area contributed by atoms with Crippen LogP contribution in [-0.4, -0.2) is 12.3 Å². The first-order valence-corrected chi connectivity index (χ1v) is 7.27. The van der Waals surface area contributed by atoms with Gasteiger partial charge in [-0.25, -0.2) is 4.39 Å². The molecule has 0 fully saturated rings. The van der Waals surface area contributed by atoms with Crippen LogP contribution in [0.2, 0.25) is 0 Å². The quantitative estimate of drug-likeness (QED) is 0.699. The third-order valence-electron chi connectivity index (χ3n) is 3.44. The molecule has 0 amide bonds. The molecule has 2 aromatic carbocycles. The Kier molecular flexibility index (Phi) is 5.09. The lowest BCUT2D eigenvalue weighted by Gasteiger charge is -2.27. The van der Waals surface area contributed by atoms with Crippen LogP contribution in [0.4, 0.5) is 15.8 Å². The number of hydrogen-bond donors (Lipinski definition) is 0. The van der Waals surface area contributed by atoms with E-state index in [-0.39, 0.29) is 11.3 Å². The highest BCUT2D eigenvalue weighted by Crippen LogP contribution is 2.30. The zero-order valence-corrected chi connectivity index (χ0v) is 12.5. The first-order chi connectivity index (χ1) is 10.1. The molecule has 110 valence electrons. The Bertz CT molecular complexity index is 610. The van der Waals surface area contributed by atoms with E-state index in [1.54, 1.807) is 6.07 Å². The molecule has 0 radical (unpaired) electrons. The summed E-state index contributed by atoms with van der Waals surface area (Å²) < 4.78 is 14.1. The zero-order chi connectivity index (χ0) is 15.2. The maximum Gasteiger partial charge on any atom is 0.164 e. The van der Waals surface area contributed by atoms with Crippen molar-refractivity contribution in [3.05, 3.63) is 59.9 Å². The van der Waals surface area contributed by atoms with Crippen molar-refractivity contribution in [2.24, 2.45) is 0 Å². The Hall–Kier alpha value is -2.16. The lowest BCUT2D eigenvalue weighted by Crippen LogP contribution is -2.21. The van der Waals surface area contributed by atoms with Gasteiger partial charge < -0.3 is 4.90 Å². The second-order valence-electron chi connectivity index (χ2n) is 5.03. The predicted molar refractivity (Wildman–Crippen MR) is 84.8 cm³/mol. The fraction of sp³-hybridized carbons (Fsp3) is 0.278. The van der Waals surface area contributed by atoms with Crippen LogP contribution in [0.15, 0.2) is 48.5 Å². The lowest BCUT2D eigenvalue weighted by atomic mass is 10.1. The minimum absolute atomic E-state index is 0.164. The average molecular weight is 285 g/mol. The SMILES string of the molecule is CCCCN(c1ccccc1)c1cccc(F)c1C(C)=O. The Labute approximate surface area is 125 Å². The van der Waals surface area contributed by atoms with E-state index in [0.717, 1.165) is 25.1 Å². The van der Waals surface area contributed by atoms with Crippen LogP contribution in [0.25, 0.3) is 0 Å². The molecule has 0 aromatic heterocycles. The molecule has 2 rings (SSSR count). The Morgan fingerprint density at radius 3 is 2.43 bits per heavy atom. The number of unbranched alkanes of at least 4 members (excludes halogenated alkanes) is 1. The number of Topliss-reactive ketones (excluding diaryl/α,β-unsaturated/α-hetero) is 1. The highest BCUT2D eigenvalue weighted by Gasteiger charge is 2.18. The number of rotatable bonds is 6. The van der Waals surface area contributed by atoms with Gasteiger partial charge in [0.25, 0.3) is 0 Å². The summed E-state index contributed by atoms with van der Waals surface area (Å²) in [5.41, 5.74) is 1.78. The van der Waals surface area contributed by atoms with Crippen molar-refractivity contribution < 1.29 is 9.18 Å². The van der Waals surface area contributed by atoms with Gasteiger partial charge in [0.1, 0.15) is 5.82 Å². The van der Waals surface area contributed by atoms with Crippen molar-refractivity contribution in [2.75, 3.05) is 11.4 Å². The molecule has 0 aliphatic rings. The maximum atomic E-state index is 14.1. The molecule has 0 N–H and O–H groups in total. The third-order valence-corrected chi connectivity index (χ3v) is 3.44. The van der Waals surface area contributed by atoms with E-state index in [1.165, 1.54) is 13.0 Å². The number of carbonyl (C=O) groups excluding carboxylic acids is 1. The van der Waals surface area contributed by atoms with Crippen molar-refractivity contribution in [2.45, 2.75) is 26.7 Å². The van der Waals surface area contributed by atoms with Crippen molar-refractivity contribution in [3.8, 4) is 0 Å². The molecule has 0 saturated carbocycles. The smallest absolute Gasteiger partial charge is 0.164 e. The van der Waals surface area contributed by atoms with Crippen LogP contribution in [0.1, 0.15) is 37.0 Å². The third kappa shape index (κ3) is 3.48. The molecule has 0 bridgehead atoms. The first-order valence-electron chi connectivity index (χ1n) is 7.27. The van der Waals surface area contributed by atoms with E-state index in [2.05, 4.69) is 6.92 Å². The molecule has 0 aliphatic carbocycles. The summed E-state index contributed by atoms with van der Waals surface area (Å²) in [5.74, 6) is -0.710. The molecule has 2 aromatic rings. The molecule has 0 atom stereocenters. The summed E-state index contributed by atoms with van der Waals surface area (Å²) in [5, 5.41) is 0. The second kappa shape index (κ2) is 7.02. The van der Waals surface area contributed by atoms with Crippen molar-refractivity contribution in [1.82, 2.24) is 0 Å². The number of hydrogen-bond acceptors (Lipinski definition) is 2. The minimum atomic E-state index is -0.461. The van der Waals surface area contributed by atoms with Crippen LogP contribution in [-0.2, 0) is 0 Å². The predicted octanol–water partition coefficient (Wildman–Crippen LogP) is 4.97. The van der Waals surface area contributed by atoms with Crippen LogP contribution in [0, 0.1) is 5.82 Å². The molecule has 3 heteroatoms. The normalized spacial score (nSPS) is 10.4. The van der Waals surface area contributed by atoms with E-state index >= 15 is 0 Å². The van der Waals surface area contributed by atoms with Gasteiger partial charge >= 0.3 is 0 Å². The van der Waals surface area contributed by atoms with Gasteiger partial charge in [-0.1, -0.05) is 37.6 Å². The first kappa shape index (κ1) is 15.2. The highest BCUT2D eigenvalue weighted by molar-refractivity contribution is 6.00. The van der Waals surface area contributed by atoms with Crippen LogP contribution in [0.3, 0.4) is 0 Å². The van der Waals surface area contributed by atoms with Crippen molar-refractivity contribution >= 4 is 17.2 Å². The van der Waals surface area contributed by atoms with Gasteiger partial charge in [0, 0.05) is 12.2 Å². The van der Waals surface area contributed by atoms with Gasteiger partial charge in [0.15, 0.2) is 5.78 Å². The molecular formula is C18H20FNO. The molecule has 0 heterocycles. The number of nitrogens with zero attached hydrogens (tertiary/aromatic N) is 1. The Morgan fingerprint density at radius 2 is 1.81 bits per heavy atom. The highest BCUT2D eigenvalue weighted by atomic mass is 19.1.